The van der Waals surface area contributed by atoms with Crippen molar-refractivity contribution in [1.82, 2.24) is 0 Å². The molecule has 0 bridgehead atoms. The Kier molecular flexibility index (Phi) is 50.1. The summed E-state index contributed by atoms with van der Waals surface area (Å²) in [7, 11) is 0. The van der Waals surface area contributed by atoms with Gasteiger partial charge >= 0.3 is 11.9 Å². The van der Waals surface area contributed by atoms with Crippen LogP contribution in [0.5, 0.6) is 17.2 Å². The van der Waals surface area contributed by atoms with E-state index in [2.05, 4.69) is 20.8 Å². The maximum absolute atomic E-state index is 12.2. The molecule has 0 spiro atoms. The maximum atomic E-state index is 12.2. The van der Waals surface area contributed by atoms with Gasteiger partial charge in [0, 0.05) is 0 Å². The molecule has 0 fully saturated rings. The van der Waals surface area contributed by atoms with Crippen LogP contribution in [0.3, 0.4) is 0 Å². The van der Waals surface area contributed by atoms with E-state index in [-0.39, 0.29) is 6.42 Å². The van der Waals surface area contributed by atoms with Crippen LogP contribution in [0.15, 0.2) is 12.1 Å². The van der Waals surface area contributed by atoms with Crippen LogP contribution in [-0.4, -0.2) is 42.0 Å². The summed E-state index contributed by atoms with van der Waals surface area (Å²) in [4.78, 5) is 23.9. The van der Waals surface area contributed by atoms with E-state index in [0.29, 0.717) is 42.6 Å². The Bertz CT molecular complexity index is 1250. The van der Waals surface area contributed by atoms with Crippen LogP contribution < -0.4 is 14.2 Å². The molecule has 72 heavy (non-hydrogen) atoms. The number of benzene rings is 1. The molecule has 1 aromatic rings. The first-order valence-corrected chi connectivity index (χ1v) is 31.9. The van der Waals surface area contributed by atoms with Crippen molar-refractivity contribution < 1.29 is 34.0 Å². The number of carboxylic acid groups (broad SMARTS) is 2. The number of carbonyl (C=O) groups is 2. The van der Waals surface area contributed by atoms with Gasteiger partial charge in [-0.05, 0) is 43.4 Å². The van der Waals surface area contributed by atoms with E-state index in [1.165, 1.54) is 270 Å². The highest BCUT2D eigenvalue weighted by molar-refractivity contribution is 5.78. The van der Waals surface area contributed by atoms with E-state index >= 15 is 0 Å². The maximum Gasteiger partial charge on any atom is 0.307 e. The number of unbranched alkanes of at least 4 members (excludes halogenated alkanes) is 45. The third-order valence-electron chi connectivity index (χ3n) is 15.1. The minimum atomic E-state index is -1.11. The van der Waals surface area contributed by atoms with Crippen molar-refractivity contribution in [2.24, 2.45) is 5.92 Å². The number of hydrogen-bond acceptors (Lipinski definition) is 5. The minimum Gasteiger partial charge on any atom is -0.490 e. The Morgan fingerprint density at radius 2 is 0.569 bits per heavy atom. The summed E-state index contributed by atoms with van der Waals surface area (Å²) < 4.78 is 19.6. The summed E-state index contributed by atoms with van der Waals surface area (Å²) >= 11 is 0. The van der Waals surface area contributed by atoms with Gasteiger partial charge in [0.05, 0.1) is 32.2 Å². The molecule has 0 aliphatic carbocycles. The molecular weight excluding hydrogens is 893 g/mol. The van der Waals surface area contributed by atoms with Gasteiger partial charge in [-0.25, -0.2) is 0 Å². The molecule has 1 unspecified atom stereocenters. The molecule has 0 aliphatic heterocycles. The Labute approximate surface area is 446 Å². The molecule has 7 nitrogen and oxygen atoms in total. The zero-order valence-corrected chi connectivity index (χ0v) is 48.1. The van der Waals surface area contributed by atoms with Crippen molar-refractivity contribution in [2.45, 2.75) is 342 Å². The molecule has 0 heterocycles. The molecule has 7 heteroatoms. The molecule has 1 aromatic carbocycles. The van der Waals surface area contributed by atoms with Crippen LogP contribution in [0, 0.1) is 5.92 Å². The highest BCUT2D eigenvalue weighted by Gasteiger charge is 2.24. The van der Waals surface area contributed by atoms with E-state index < -0.39 is 24.3 Å². The van der Waals surface area contributed by atoms with E-state index in [4.69, 9.17) is 14.2 Å². The van der Waals surface area contributed by atoms with Gasteiger partial charge < -0.3 is 24.4 Å². The fraction of sp³-hybridized carbons (Fsp3) is 0.877. The number of ether oxygens (including phenoxy) is 3. The summed E-state index contributed by atoms with van der Waals surface area (Å²) in [6, 6.07) is 3.77. The van der Waals surface area contributed by atoms with Gasteiger partial charge in [0.1, 0.15) is 0 Å². The molecule has 0 saturated heterocycles. The molecule has 0 aromatic heterocycles. The minimum absolute atomic E-state index is 0.0891. The average molecular weight is 1010 g/mol. The molecule has 0 saturated carbocycles. The molecule has 0 radical (unpaired) electrons. The topological polar surface area (TPSA) is 102 Å². The largest absolute Gasteiger partial charge is 0.490 e. The summed E-state index contributed by atoms with van der Waals surface area (Å²) in [5, 5.41) is 19.5. The van der Waals surface area contributed by atoms with Crippen molar-refractivity contribution in [3.8, 4) is 17.2 Å². The number of aliphatic carboxylic acids is 2. The zero-order valence-electron chi connectivity index (χ0n) is 48.1. The Balaban J connectivity index is 2.72. The van der Waals surface area contributed by atoms with Gasteiger partial charge in [0.2, 0.25) is 5.75 Å². The van der Waals surface area contributed by atoms with E-state index in [0.717, 1.165) is 38.5 Å². The number of hydrogen-bond donors (Lipinski definition) is 2. The van der Waals surface area contributed by atoms with Crippen molar-refractivity contribution in [3.05, 3.63) is 17.7 Å². The smallest absolute Gasteiger partial charge is 0.307 e. The molecule has 0 aliphatic rings. The van der Waals surface area contributed by atoms with Crippen LogP contribution >= 0.6 is 0 Å². The highest BCUT2D eigenvalue weighted by Crippen LogP contribution is 2.40. The molecule has 1 atom stereocenters. The zero-order chi connectivity index (χ0) is 52.1. The van der Waals surface area contributed by atoms with Crippen LogP contribution in [0.1, 0.15) is 341 Å². The third-order valence-corrected chi connectivity index (χ3v) is 15.1. The van der Waals surface area contributed by atoms with E-state index in [1.54, 1.807) is 0 Å². The monoisotopic (exact) mass is 1010 g/mol. The van der Waals surface area contributed by atoms with Gasteiger partial charge in [-0.2, -0.15) is 0 Å². The SMILES string of the molecule is CCCCCCCCCCCCCCCCCCOc1cc(CC(CC(=O)O)C(=O)O)cc(OCCCCCCCCCCCCCCCCCC)c1OCCCCCCCCCCCCCCCCCC. The first-order valence-electron chi connectivity index (χ1n) is 31.9. The molecule has 1 rings (SSSR count). The van der Waals surface area contributed by atoms with Crippen molar-refractivity contribution >= 4 is 11.9 Å². The van der Waals surface area contributed by atoms with E-state index in [1.807, 2.05) is 12.1 Å². The molecule has 422 valence electrons. The summed E-state index contributed by atoms with van der Waals surface area (Å²) in [6.45, 7) is 8.52. The van der Waals surface area contributed by atoms with Crippen molar-refractivity contribution in [2.75, 3.05) is 19.8 Å². The summed E-state index contributed by atoms with van der Waals surface area (Å²) in [5.41, 5.74) is 0.711. The Morgan fingerprint density at radius 1 is 0.347 bits per heavy atom. The lowest BCUT2D eigenvalue weighted by atomic mass is 9.96. The van der Waals surface area contributed by atoms with Gasteiger partial charge in [0.25, 0.3) is 0 Å². The van der Waals surface area contributed by atoms with Crippen LogP contribution in [0.2, 0.25) is 0 Å². The predicted molar refractivity (Wildman–Crippen MR) is 309 cm³/mol. The van der Waals surface area contributed by atoms with Gasteiger partial charge in [0.15, 0.2) is 11.5 Å². The normalized spacial score (nSPS) is 11.9. The van der Waals surface area contributed by atoms with Gasteiger partial charge in [-0.3, -0.25) is 9.59 Å². The second-order valence-electron chi connectivity index (χ2n) is 22.2. The lowest BCUT2D eigenvalue weighted by Crippen LogP contribution is -2.20. The number of carboxylic acids is 2. The molecule has 2 N–H and O–H groups in total. The van der Waals surface area contributed by atoms with E-state index in [9.17, 15) is 19.8 Å². The quantitative estimate of drug-likeness (QED) is 0.0627. The van der Waals surface area contributed by atoms with Crippen molar-refractivity contribution in [3.63, 3.8) is 0 Å². The average Bonchev–Trinajstić information content (AvgIpc) is 3.36. The van der Waals surface area contributed by atoms with Crippen LogP contribution in [0.25, 0.3) is 0 Å². The third kappa shape index (κ3) is 43.9. The molecule has 0 amide bonds. The lowest BCUT2D eigenvalue weighted by molar-refractivity contribution is -0.148. The second-order valence-corrected chi connectivity index (χ2v) is 22.2. The number of rotatable bonds is 59. The van der Waals surface area contributed by atoms with Gasteiger partial charge in [-0.15, -0.1) is 0 Å². The highest BCUT2D eigenvalue weighted by atomic mass is 16.5. The van der Waals surface area contributed by atoms with Crippen LogP contribution in [0.4, 0.5) is 0 Å². The second kappa shape index (κ2) is 53.4. The first-order chi connectivity index (χ1) is 35.4. The summed E-state index contributed by atoms with van der Waals surface area (Å²) in [5.74, 6) is -1.47. The standard InChI is InChI=1S/C65H120O7/c1-4-7-10-13-16-19-22-25-28-31-34-37-40-43-46-49-52-70-61-56-59(55-60(65(68)69)58-63(66)67)57-62(71-53-50-47-44-41-38-35-32-29-26-23-20-17-14-11-8-5-2)64(61)72-54-51-48-45-42-39-36-33-30-27-24-21-18-15-12-9-6-3/h56-57,60H,4-55,58H2,1-3H3,(H,66,67)(H,68,69). The molecular formula is C65H120O7. The van der Waals surface area contributed by atoms with Gasteiger partial charge in [-0.1, -0.05) is 310 Å². The lowest BCUT2D eigenvalue weighted by Gasteiger charge is -2.20. The summed E-state index contributed by atoms with van der Waals surface area (Å²) in [6.07, 6.45) is 62.8. The first kappa shape index (κ1) is 67.6. The fourth-order valence-electron chi connectivity index (χ4n) is 10.3. The Hall–Kier alpha value is -2.44. The Morgan fingerprint density at radius 3 is 0.792 bits per heavy atom. The van der Waals surface area contributed by atoms with Crippen molar-refractivity contribution in [1.29, 1.82) is 0 Å². The predicted octanol–water partition coefficient (Wildman–Crippen LogP) is 21.3. The fourth-order valence-corrected chi connectivity index (χ4v) is 10.3. The van der Waals surface area contributed by atoms with Crippen LogP contribution in [-0.2, 0) is 16.0 Å².